The topological polar surface area (TPSA) is 70.5 Å². The van der Waals surface area contributed by atoms with Crippen LogP contribution in [0, 0.1) is 5.92 Å². The van der Waals surface area contributed by atoms with Gasteiger partial charge in [-0.25, -0.2) is 4.98 Å². The van der Waals surface area contributed by atoms with Crippen molar-refractivity contribution < 1.29 is 9.59 Å². The first-order valence-corrected chi connectivity index (χ1v) is 9.47. The number of halogens is 1. The van der Waals surface area contributed by atoms with Crippen LogP contribution in [0.1, 0.15) is 18.3 Å². The van der Waals surface area contributed by atoms with Crippen molar-refractivity contribution in [3.05, 3.63) is 47.5 Å². The third-order valence-electron chi connectivity index (χ3n) is 5.30. The van der Waals surface area contributed by atoms with E-state index in [-0.39, 0.29) is 30.2 Å². The van der Waals surface area contributed by atoms with E-state index in [9.17, 15) is 9.59 Å². The second-order valence-corrected chi connectivity index (χ2v) is 7.41. The number of carbonyl (C=O) groups excluding carboxylic acids is 2. The summed E-state index contributed by atoms with van der Waals surface area (Å²) >= 11 is 6.25. The van der Waals surface area contributed by atoms with Gasteiger partial charge in [0.2, 0.25) is 11.8 Å². The third-order valence-corrected chi connectivity index (χ3v) is 5.62. The molecule has 8 heteroatoms. The monoisotopic (exact) mass is 387 g/mol. The van der Waals surface area contributed by atoms with Gasteiger partial charge in [-0.2, -0.15) is 0 Å². The summed E-state index contributed by atoms with van der Waals surface area (Å²) in [5.74, 6) is 0.426. The molecular formula is C19H22ClN5O2. The number of para-hydroxylation sites is 1. The molecule has 2 amide bonds. The lowest BCUT2D eigenvalue weighted by atomic mass is 10.0. The van der Waals surface area contributed by atoms with Crippen molar-refractivity contribution in [3.8, 4) is 0 Å². The summed E-state index contributed by atoms with van der Waals surface area (Å²) in [5.41, 5.74) is 0.667. The summed E-state index contributed by atoms with van der Waals surface area (Å²) in [7, 11) is 1.93. The predicted molar refractivity (Wildman–Crippen MR) is 102 cm³/mol. The van der Waals surface area contributed by atoms with Gasteiger partial charge in [-0.3, -0.25) is 9.59 Å². The van der Waals surface area contributed by atoms with E-state index in [1.807, 2.05) is 40.9 Å². The number of aryl methyl sites for hydroxylation is 1. The zero-order valence-electron chi connectivity index (χ0n) is 15.1. The largest absolute Gasteiger partial charge is 0.336 e. The molecule has 2 fully saturated rings. The van der Waals surface area contributed by atoms with E-state index in [0.29, 0.717) is 30.3 Å². The highest BCUT2D eigenvalue weighted by Gasteiger charge is 2.41. The molecule has 0 radical (unpaired) electrons. The second kappa shape index (κ2) is 7.32. The highest BCUT2D eigenvalue weighted by molar-refractivity contribution is 6.33. The summed E-state index contributed by atoms with van der Waals surface area (Å²) in [5, 5.41) is 3.85. The number of carbonyl (C=O) groups is 2. The number of anilines is 1. The van der Waals surface area contributed by atoms with Gasteiger partial charge in [-0.15, -0.1) is 0 Å². The minimum atomic E-state index is -0.366. The normalized spacial score (nSPS) is 23.1. The van der Waals surface area contributed by atoms with Gasteiger partial charge in [-0.05, 0) is 12.1 Å². The molecule has 2 saturated heterocycles. The van der Waals surface area contributed by atoms with Crippen molar-refractivity contribution in [1.82, 2.24) is 19.8 Å². The SMILES string of the molecule is Cn1ccnc1C1CNCCN1C(=O)C1CC(=O)N(c2ccccc2Cl)C1. The molecule has 2 aromatic rings. The third kappa shape index (κ3) is 3.33. The van der Waals surface area contributed by atoms with Crippen LogP contribution in [0.3, 0.4) is 0 Å². The molecule has 3 heterocycles. The van der Waals surface area contributed by atoms with E-state index >= 15 is 0 Å². The Kier molecular flexibility index (Phi) is 4.88. The fourth-order valence-electron chi connectivity index (χ4n) is 3.91. The van der Waals surface area contributed by atoms with Crippen molar-refractivity contribution in [1.29, 1.82) is 0 Å². The van der Waals surface area contributed by atoms with Gasteiger partial charge in [0.05, 0.1) is 16.6 Å². The number of hydrogen-bond acceptors (Lipinski definition) is 4. The van der Waals surface area contributed by atoms with E-state index in [2.05, 4.69) is 10.3 Å². The average molecular weight is 388 g/mol. The molecule has 1 N–H and O–H groups in total. The molecule has 4 rings (SSSR count). The van der Waals surface area contributed by atoms with Crippen LogP contribution < -0.4 is 10.2 Å². The number of imidazole rings is 1. The summed E-state index contributed by atoms with van der Waals surface area (Å²) in [4.78, 5) is 33.7. The van der Waals surface area contributed by atoms with Gasteiger partial charge >= 0.3 is 0 Å². The number of nitrogens with one attached hydrogen (secondary N) is 1. The smallest absolute Gasteiger partial charge is 0.228 e. The molecular weight excluding hydrogens is 366 g/mol. The summed E-state index contributed by atoms with van der Waals surface area (Å²) in [6.07, 6.45) is 3.83. The Hall–Kier alpha value is -2.38. The van der Waals surface area contributed by atoms with Crippen LogP contribution in [0.5, 0.6) is 0 Å². The zero-order valence-corrected chi connectivity index (χ0v) is 15.9. The first-order valence-electron chi connectivity index (χ1n) is 9.09. The molecule has 2 atom stereocenters. The molecule has 0 spiro atoms. The second-order valence-electron chi connectivity index (χ2n) is 7.00. The minimum absolute atomic E-state index is 0.00686. The molecule has 1 aromatic carbocycles. The summed E-state index contributed by atoms with van der Waals surface area (Å²) in [6.45, 7) is 2.36. The molecule has 1 aromatic heterocycles. The van der Waals surface area contributed by atoms with Crippen molar-refractivity contribution in [3.63, 3.8) is 0 Å². The first-order chi connectivity index (χ1) is 13.1. The zero-order chi connectivity index (χ0) is 19.0. The first kappa shape index (κ1) is 18.0. The lowest BCUT2D eigenvalue weighted by molar-refractivity contribution is -0.139. The highest BCUT2D eigenvalue weighted by atomic mass is 35.5. The van der Waals surface area contributed by atoms with Gasteiger partial charge in [0.25, 0.3) is 0 Å². The Morgan fingerprint density at radius 1 is 1.33 bits per heavy atom. The fraction of sp³-hybridized carbons (Fsp3) is 0.421. The number of nitrogens with zero attached hydrogens (tertiary/aromatic N) is 4. The van der Waals surface area contributed by atoms with Crippen LogP contribution in [-0.4, -0.2) is 52.4 Å². The quantitative estimate of drug-likeness (QED) is 0.868. The molecule has 0 aliphatic carbocycles. The number of benzene rings is 1. The number of hydrogen-bond donors (Lipinski definition) is 1. The van der Waals surface area contributed by atoms with Crippen molar-refractivity contribution in [2.45, 2.75) is 12.5 Å². The van der Waals surface area contributed by atoms with Crippen molar-refractivity contribution in [2.24, 2.45) is 13.0 Å². The van der Waals surface area contributed by atoms with Crippen molar-refractivity contribution in [2.75, 3.05) is 31.1 Å². The number of aromatic nitrogens is 2. The molecule has 142 valence electrons. The maximum Gasteiger partial charge on any atom is 0.228 e. The van der Waals surface area contributed by atoms with Gasteiger partial charge in [0.1, 0.15) is 11.9 Å². The van der Waals surface area contributed by atoms with Crippen LogP contribution in [0.15, 0.2) is 36.7 Å². The van der Waals surface area contributed by atoms with Crippen LogP contribution >= 0.6 is 11.6 Å². The van der Waals surface area contributed by atoms with Crippen LogP contribution in [0.4, 0.5) is 5.69 Å². The molecule has 2 unspecified atom stereocenters. The Balaban J connectivity index is 1.55. The van der Waals surface area contributed by atoms with Gasteiger partial charge in [0.15, 0.2) is 0 Å². The Morgan fingerprint density at radius 2 is 2.15 bits per heavy atom. The van der Waals surface area contributed by atoms with E-state index < -0.39 is 0 Å². The lowest BCUT2D eigenvalue weighted by Crippen LogP contribution is -2.51. The molecule has 0 bridgehead atoms. The van der Waals surface area contributed by atoms with Crippen LogP contribution in [-0.2, 0) is 16.6 Å². The standard InChI is InChI=1S/C19H22ClN5O2/c1-23-8-7-22-18(23)16-11-21-6-9-24(16)19(27)13-10-17(26)25(12-13)15-5-3-2-4-14(15)20/h2-5,7-8,13,16,21H,6,9-12H2,1H3. The van der Waals surface area contributed by atoms with Gasteiger partial charge in [-0.1, -0.05) is 23.7 Å². The van der Waals surface area contributed by atoms with E-state index in [1.165, 1.54) is 0 Å². The average Bonchev–Trinajstić information content (AvgIpc) is 3.27. The molecule has 2 aliphatic heterocycles. The summed E-state index contributed by atoms with van der Waals surface area (Å²) < 4.78 is 1.94. The van der Waals surface area contributed by atoms with Crippen LogP contribution in [0.2, 0.25) is 5.02 Å². The number of rotatable bonds is 3. The number of amides is 2. The predicted octanol–water partition coefficient (Wildman–Crippen LogP) is 1.60. The minimum Gasteiger partial charge on any atom is -0.336 e. The molecule has 7 nitrogen and oxygen atoms in total. The van der Waals surface area contributed by atoms with Crippen LogP contribution in [0.25, 0.3) is 0 Å². The van der Waals surface area contributed by atoms with E-state index in [1.54, 1.807) is 17.2 Å². The van der Waals surface area contributed by atoms with Gasteiger partial charge in [0, 0.05) is 52.0 Å². The highest BCUT2D eigenvalue weighted by Crippen LogP contribution is 2.33. The maximum absolute atomic E-state index is 13.3. The molecule has 27 heavy (non-hydrogen) atoms. The fourth-order valence-corrected chi connectivity index (χ4v) is 4.15. The maximum atomic E-state index is 13.3. The Morgan fingerprint density at radius 3 is 2.89 bits per heavy atom. The van der Waals surface area contributed by atoms with Gasteiger partial charge < -0.3 is 19.7 Å². The van der Waals surface area contributed by atoms with E-state index in [0.717, 1.165) is 12.4 Å². The molecule has 2 aliphatic rings. The lowest BCUT2D eigenvalue weighted by Gasteiger charge is -2.37. The number of piperazine rings is 1. The summed E-state index contributed by atoms with van der Waals surface area (Å²) in [6, 6.07) is 7.11. The molecule has 0 saturated carbocycles. The van der Waals surface area contributed by atoms with Crippen molar-refractivity contribution >= 4 is 29.1 Å². The van der Waals surface area contributed by atoms with E-state index in [4.69, 9.17) is 11.6 Å². The Labute approximate surface area is 162 Å². The Bertz CT molecular complexity index is 867.